The summed E-state index contributed by atoms with van der Waals surface area (Å²) in [5, 5.41) is 10.2. The molecule has 1 amide bonds. The average molecular weight is 311 g/mol. The minimum absolute atomic E-state index is 0.0556. The number of aliphatic hydroxyl groups is 1. The summed E-state index contributed by atoms with van der Waals surface area (Å²) in [7, 11) is 0. The molecule has 5 nitrogen and oxygen atoms in total. The van der Waals surface area contributed by atoms with Crippen LogP contribution < -0.4 is 0 Å². The molecular weight excluding hydrogens is 290 g/mol. The number of imidazole rings is 1. The Kier molecular flexibility index (Phi) is 4.05. The van der Waals surface area contributed by atoms with Crippen molar-refractivity contribution >= 4 is 5.91 Å². The Labute approximate surface area is 135 Å². The third-order valence-electron chi connectivity index (χ3n) is 4.14. The van der Waals surface area contributed by atoms with Crippen molar-refractivity contribution in [1.29, 1.82) is 0 Å². The molecule has 1 unspecified atom stereocenters. The normalized spacial score (nSPS) is 18.2. The first-order chi connectivity index (χ1) is 11.0. The smallest absolute Gasteiger partial charge is 0.290 e. The van der Waals surface area contributed by atoms with E-state index in [1.807, 2.05) is 35.2 Å². The monoisotopic (exact) mass is 311 g/mol. The van der Waals surface area contributed by atoms with Gasteiger partial charge in [0.15, 0.2) is 5.82 Å². The van der Waals surface area contributed by atoms with Crippen molar-refractivity contribution in [3.05, 3.63) is 65.8 Å². The minimum atomic E-state index is -0.906. The van der Waals surface area contributed by atoms with E-state index in [0.717, 1.165) is 17.5 Å². The Bertz CT molecular complexity index is 714. The molecule has 2 N–H and O–H groups in total. The van der Waals surface area contributed by atoms with Gasteiger partial charge in [0.25, 0.3) is 5.91 Å². The highest BCUT2D eigenvalue weighted by Gasteiger charge is 2.28. The van der Waals surface area contributed by atoms with Crippen LogP contribution in [-0.2, 0) is 5.60 Å². The highest BCUT2D eigenvalue weighted by atomic mass is 16.3. The Balaban J connectivity index is 1.93. The van der Waals surface area contributed by atoms with Gasteiger partial charge in [0.2, 0.25) is 0 Å². The van der Waals surface area contributed by atoms with Crippen LogP contribution in [0.1, 0.15) is 48.1 Å². The quantitative estimate of drug-likeness (QED) is 0.856. The number of benzene rings is 1. The van der Waals surface area contributed by atoms with E-state index in [-0.39, 0.29) is 11.9 Å². The molecule has 0 aliphatic carbocycles. The fourth-order valence-electron chi connectivity index (χ4n) is 2.85. The second kappa shape index (κ2) is 6.01. The second-order valence-electron chi connectivity index (χ2n) is 6.30. The standard InChI is InChI=1S/C18H21N3O2/c1-18(2,23)14-7-5-6-13(12-14)15-8-3-4-11-21(15)17(22)16-19-9-10-20-16/h3-7,9-10,12,15,23H,8,11H2,1-2H3,(H,19,20). The molecule has 120 valence electrons. The largest absolute Gasteiger partial charge is 0.386 e. The van der Waals surface area contributed by atoms with Gasteiger partial charge in [0, 0.05) is 18.9 Å². The molecule has 0 radical (unpaired) electrons. The van der Waals surface area contributed by atoms with Gasteiger partial charge < -0.3 is 15.0 Å². The number of hydrogen-bond donors (Lipinski definition) is 2. The first kappa shape index (κ1) is 15.5. The van der Waals surface area contributed by atoms with Gasteiger partial charge in [-0.3, -0.25) is 4.79 Å². The zero-order valence-electron chi connectivity index (χ0n) is 13.4. The molecule has 0 saturated carbocycles. The molecule has 1 aromatic carbocycles. The molecule has 5 heteroatoms. The Morgan fingerprint density at radius 2 is 2.22 bits per heavy atom. The predicted octanol–water partition coefficient (Wildman–Crippen LogP) is 2.78. The molecule has 0 spiro atoms. The molecule has 1 atom stereocenters. The summed E-state index contributed by atoms with van der Waals surface area (Å²) in [6.45, 7) is 4.08. The van der Waals surface area contributed by atoms with Crippen LogP contribution in [0, 0.1) is 0 Å². The highest BCUT2D eigenvalue weighted by Crippen LogP contribution is 2.31. The maximum atomic E-state index is 12.7. The van der Waals surface area contributed by atoms with Crippen LogP contribution in [0.25, 0.3) is 0 Å². The molecule has 23 heavy (non-hydrogen) atoms. The summed E-state index contributed by atoms with van der Waals surface area (Å²) < 4.78 is 0. The number of aromatic amines is 1. The maximum absolute atomic E-state index is 12.7. The summed E-state index contributed by atoms with van der Waals surface area (Å²) in [6, 6.07) is 7.75. The van der Waals surface area contributed by atoms with Crippen molar-refractivity contribution in [1.82, 2.24) is 14.9 Å². The van der Waals surface area contributed by atoms with Gasteiger partial charge in [0.05, 0.1) is 11.6 Å². The lowest BCUT2D eigenvalue weighted by molar-refractivity contribution is 0.0679. The van der Waals surface area contributed by atoms with E-state index in [9.17, 15) is 9.90 Å². The third kappa shape index (κ3) is 3.19. The van der Waals surface area contributed by atoms with E-state index in [2.05, 4.69) is 16.0 Å². The molecule has 0 saturated heterocycles. The van der Waals surface area contributed by atoms with E-state index >= 15 is 0 Å². The Hall–Kier alpha value is -2.40. The molecule has 3 rings (SSSR count). The van der Waals surface area contributed by atoms with Crippen molar-refractivity contribution in [2.45, 2.75) is 31.9 Å². The van der Waals surface area contributed by atoms with Gasteiger partial charge in [0.1, 0.15) is 0 Å². The summed E-state index contributed by atoms with van der Waals surface area (Å²) in [6.07, 6.45) is 8.07. The lowest BCUT2D eigenvalue weighted by Gasteiger charge is -2.33. The Morgan fingerprint density at radius 3 is 2.91 bits per heavy atom. The zero-order chi connectivity index (χ0) is 16.4. The molecule has 1 aliphatic rings. The fourth-order valence-corrected chi connectivity index (χ4v) is 2.85. The summed E-state index contributed by atoms with van der Waals surface area (Å²) in [5.74, 6) is 0.238. The van der Waals surface area contributed by atoms with E-state index in [1.54, 1.807) is 26.2 Å². The summed E-state index contributed by atoms with van der Waals surface area (Å²) in [5.41, 5.74) is 0.958. The van der Waals surface area contributed by atoms with Crippen LogP contribution in [0.4, 0.5) is 0 Å². The molecule has 2 heterocycles. The summed E-state index contributed by atoms with van der Waals surface area (Å²) >= 11 is 0. The number of H-pyrrole nitrogens is 1. The summed E-state index contributed by atoms with van der Waals surface area (Å²) in [4.78, 5) is 21.4. The van der Waals surface area contributed by atoms with Gasteiger partial charge in [-0.1, -0.05) is 36.4 Å². The lowest BCUT2D eigenvalue weighted by atomic mass is 9.92. The molecule has 1 aromatic heterocycles. The average Bonchev–Trinajstić information content (AvgIpc) is 3.08. The van der Waals surface area contributed by atoms with Gasteiger partial charge in [-0.25, -0.2) is 4.98 Å². The first-order valence-corrected chi connectivity index (χ1v) is 7.75. The van der Waals surface area contributed by atoms with E-state index < -0.39 is 5.60 Å². The number of rotatable bonds is 3. The van der Waals surface area contributed by atoms with E-state index in [4.69, 9.17) is 0 Å². The molecular formula is C18H21N3O2. The van der Waals surface area contributed by atoms with Crippen molar-refractivity contribution in [2.75, 3.05) is 6.54 Å². The van der Waals surface area contributed by atoms with Gasteiger partial charge >= 0.3 is 0 Å². The van der Waals surface area contributed by atoms with Crippen molar-refractivity contribution in [3.63, 3.8) is 0 Å². The molecule has 2 aromatic rings. The van der Waals surface area contributed by atoms with Crippen LogP contribution in [0.3, 0.4) is 0 Å². The fraction of sp³-hybridized carbons (Fsp3) is 0.333. The third-order valence-corrected chi connectivity index (χ3v) is 4.14. The lowest BCUT2D eigenvalue weighted by Crippen LogP contribution is -2.37. The minimum Gasteiger partial charge on any atom is -0.386 e. The number of carbonyl (C=O) groups is 1. The molecule has 0 bridgehead atoms. The van der Waals surface area contributed by atoms with Gasteiger partial charge in [-0.15, -0.1) is 0 Å². The number of nitrogens with one attached hydrogen (secondary N) is 1. The topological polar surface area (TPSA) is 69.2 Å². The predicted molar refractivity (Wildman–Crippen MR) is 87.8 cm³/mol. The second-order valence-corrected chi connectivity index (χ2v) is 6.30. The van der Waals surface area contributed by atoms with Crippen molar-refractivity contribution < 1.29 is 9.90 Å². The van der Waals surface area contributed by atoms with Crippen LogP contribution in [0.5, 0.6) is 0 Å². The zero-order valence-corrected chi connectivity index (χ0v) is 13.4. The SMILES string of the molecule is CC(C)(O)c1cccc(C2CC=CCN2C(=O)c2ncc[nH]2)c1. The van der Waals surface area contributed by atoms with Crippen LogP contribution in [0.15, 0.2) is 48.8 Å². The van der Waals surface area contributed by atoms with Crippen molar-refractivity contribution in [3.8, 4) is 0 Å². The molecule has 1 aliphatic heterocycles. The van der Waals surface area contributed by atoms with Crippen LogP contribution >= 0.6 is 0 Å². The van der Waals surface area contributed by atoms with Crippen molar-refractivity contribution in [2.24, 2.45) is 0 Å². The van der Waals surface area contributed by atoms with Gasteiger partial charge in [-0.05, 0) is 31.4 Å². The van der Waals surface area contributed by atoms with Crippen LogP contribution in [-0.4, -0.2) is 32.4 Å². The Morgan fingerprint density at radius 1 is 1.39 bits per heavy atom. The van der Waals surface area contributed by atoms with Gasteiger partial charge in [-0.2, -0.15) is 0 Å². The molecule has 0 fully saturated rings. The number of aromatic nitrogens is 2. The van der Waals surface area contributed by atoms with E-state index in [1.165, 1.54) is 0 Å². The number of hydrogen-bond acceptors (Lipinski definition) is 3. The number of nitrogens with zero attached hydrogens (tertiary/aromatic N) is 2. The maximum Gasteiger partial charge on any atom is 0.290 e. The van der Waals surface area contributed by atoms with Crippen LogP contribution in [0.2, 0.25) is 0 Å². The number of carbonyl (C=O) groups excluding carboxylic acids is 1. The highest BCUT2D eigenvalue weighted by molar-refractivity contribution is 5.91. The van der Waals surface area contributed by atoms with E-state index in [0.29, 0.717) is 12.4 Å². The number of amides is 1. The first-order valence-electron chi connectivity index (χ1n) is 7.75.